The number of amides is 2. The lowest BCUT2D eigenvalue weighted by molar-refractivity contribution is -0.119. The molecule has 166 valence electrons. The molecule has 2 N–H and O–H groups in total. The van der Waals surface area contributed by atoms with Crippen molar-refractivity contribution < 1.29 is 31.5 Å². The van der Waals surface area contributed by atoms with Gasteiger partial charge in [0.15, 0.2) is 0 Å². The van der Waals surface area contributed by atoms with Gasteiger partial charge in [-0.3, -0.25) is 20.4 Å². The van der Waals surface area contributed by atoms with Gasteiger partial charge in [0.1, 0.15) is 11.6 Å². The summed E-state index contributed by atoms with van der Waals surface area (Å²) >= 11 is 0.920. The maximum atomic E-state index is 14.1. The first-order chi connectivity index (χ1) is 14.8. The summed E-state index contributed by atoms with van der Waals surface area (Å²) in [4.78, 5) is 24.2. The molecular formula is C19H19F2N3O5S2. The molecule has 0 bridgehead atoms. The molecule has 0 aromatic heterocycles. The number of carbonyl (C=O) groups is 2. The van der Waals surface area contributed by atoms with Crippen LogP contribution in [0.5, 0.6) is 0 Å². The SMILES string of the molecule is O=C(CSc1ccccc1F)NNC(=O)c1cc(S(=O)(=O)N2CCOCC2)ccc1F. The second-order valence-electron chi connectivity index (χ2n) is 6.38. The predicted molar refractivity (Wildman–Crippen MR) is 109 cm³/mol. The van der Waals surface area contributed by atoms with E-state index in [1.54, 1.807) is 6.07 Å². The first kappa shape index (κ1) is 23.1. The lowest BCUT2D eigenvalue weighted by Crippen LogP contribution is -2.43. The number of ether oxygens (including phenoxy) is 1. The molecule has 3 rings (SSSR count). The minimum atomic E-state index is -3.93. The molecule has 2 aromatic carbocycles. The van der Waals surface area contributed by atoms with E-state index in [1.807, 2.05) is 5.43 Å². The second kappa shape index (κ2) is 10.2. The van der Waals surface area contributed by atoms with Gasteiger partial charge in [0.05, 0.1) is 29.4 Å². The van der Waals surface area contributed by atoms with Crippen molar-refractivity contribution in [1.82, 2.24) is 15.2 Å². The van der Waals surface area contributed by atoms with Crippen LogP contribution in [-0.2, 0) is 19.6 Å². The molecule has 1 fully saturated rings. The summed E-state index contributed by atoms with van der Waals surface area (Å²) in [5, 5.41) is 0. The van der Waals surface area contributed by atoms with Crippen LogP contribution in [0.3, 0.4) is 0 Å². The predicted octanol–water partition coefficient (Wildman–Crippen LogP) is 1.54. The number of rotatable bonds is 6. The van der Waals surface area contributed by atoms with Gasteiger partial charge in [-0.15, -0.1) is 11.8 Å². The number of benzene rings is 2. The van der Waals surface area contributed by atoms with Gasteiger partial charge >= 0.3 is 0 Å². The highest BCUT2D eigenvalue weighted by molar-refractivity contribution is 8.00. The van der Waals surface area contributed by atoms with Gasteiger partial charge in [-0.05, 0) is 30.3 Å². The van der Waals surface area contributed by atoms with Crippen molar-refractivity contribution in [3.8, 4) is 0 Å². The molecule has 2 aromatic rings. The van der Waals surface area contributed by atoms with Gasteiger partial charge in [0, 0.05) is 18.0 Å². The van der Waals surface area contributed by atoms with E-state index in [0.717, 1.165) is 30.0 Å². The van der Waals surface area contributed by atoms with Crippen molar-refractivity contribution >= 4 is 33.6 Å². The number of sulfonamides is 1. The van der Waals surface area contributed by atoms with Crippen LogP contribution in [0, 0.1) is 11.6 Å². The molecule has 1 saturated heterocycles. The van der Waals surface area contributed by atoms with Gasteiger partial charge in [0.2, 0.25) is 15.9 Å². The molecule has 2 amide bonds. The van der Waals surface area contributed by atoms with Gasteiger partial charge in [0.25, 0.3) is 5.91 Å². The summed E-state index contributed by atoms with van der Waals surface area (Å²) in [6, 6.07) is 8.74. The van der Waals surface area contributed by atoms with Gasteiger partial charge < -0.3 is 4.74 Å². The molecule has 31 heavy (non-hydrogen) atoms. The average Bonchev–Trinajstić information content (AvgIpc) is 2.77. The summed E-state index contributed by atoms with van der Waals surface area (Å²) in [5.74, 6) is -3.31. The fourth-order valence-corrected chi connectivity index (χ4v) is 4.88. The third-order valence-electron chi connectivity index (χ3n) is 4.30. The van der Waals surface area contributed by atoms with Crippen LogP contribution in [-0.4, -0.2) is 56.6 Å². The van der Waals surface area contributed by atoms with Crippen molar-refractivity contribution in [1.29, 1.82) is 0 Å². The fraction of sp³-hybridized carbons (Fsp3) is 0.263. The Morgan fingerprint density at radius 3 is 2.45 bits per heavy atom. The van der Waals surface area contributed by atoms with Crippen molar-refractivity contribution in [2.45, 2.75) is 9.79 Å². The molecule has 12 heteroatoms. The number of nitrogens with zero attached hydrogens (tertiary/aromatic N) is 1. The molecule has 0 aliphatic carbocycles. The molecule has 0 atom stereocenters. The standard InChI is InChI=1S/C19H19F2N3O5S2/c20-15-6-5-13(31(27,28)24-7-9-29-10-8-24)11-14(15)19(26)23-22-18(25)12-30-17-4-2-1-3-16(17)21/h1-6,11H,7-10,12H2,(H,22,25)(H,23,26). The Balaban J connectivity index is 1.62. The number of hydrazine groups is 1. The number of halogens is 2. The van der Waals surface area contributed by atoms with Crippen LogP contribution in [0.4, 0.5) is 8.78 Å². The number of morpholine rings is 1. The van der Waals surface area contributed by atoms with E-state index in [2.05, 4.69) is 5.43 Å². The van der Waals surface area contributed by atoms with E-state index in [-0.39, 0.29) is 41.8 Å². The van der Waals surface area contributed by atoms with E-state index in [1.165, 1.54) is 22.5 Å². The molecule has 1 aliphatic rings. The molecule has 0 radical (unpaired) electrons. The Labute approximate surface area is 182 Å². The molecule has 1 heterocycles. The van der Waals surface area contributed by atoms with Gasteiger partial charge in [-0.1, -0.05) is 12.1 Å². The first-order valence-electron chi connectivity index (χ1n) is 9.13. The van der Waals surface area contributed by atoms with E-state index in [9.17, 15) is 26.8 Å². The van der Waals surface area contributed by atoms with Crippen LogP contribution in [0.15, 0.2) is 52.3 Å². The number of hydrogen-bond acceptors (Lipinski definition) is 6. The lowest BCUT2D eigenvalue weighted by Gasteiger charge is -2.26. The number of carbonyl (C=O) groups excluding carboxylic acids is 2. The zero-order chi connectivity index (χ0) is 22.4. The lowest BCUT2D eigenvalue weighted by atomic mass is 10.2. The summed E-state index contributed by atoms with van der Waals surface area (Å²) in [5.41, 5.74) is 3.58. The largest absolute Gasteiger partial charge is 0.379 e. The number of thioether (sulfide) groups is 1. The van der Waals surface area contributed by atoms with Crippen LogP contribution in [0.1, 0.15) is 10.4 Å². The van der Waals surface area contributed by atoms with Crippen molar-refractivity contribution in [3.63, 3.8) is 0 Å². The number of nitrogens with one attached hydrogen (secondary N) is 2. The summed E-state index contributed by atoms with van der Waals surface area (Å²) in [7, 11) is -3.93. The highest BCUT2D eigenvalue weighted by Crippen LogP contribution is 2.21. The van der Waals surface area contributed by atoms with E-state index in [4.69, 9.17) is 4.74 Å². The van der Waals surface area contributed by atoms with E-state index >= 15 is 0 Å². The van der Waals surface area contributed by atoms with Crippen LogP contribution < -0.4 is 10.9 Å². The minimum absolute atomic E-state index is 0.150. The average molecular weight is 472 g/mol. The van der Waals surface area contributed by atoms with Gasteiger partial charge in [-0.2, -0.15) is 4.31 Å². The third-order valence-corrected chi connectivity index (χ3v) is 7.24. The molecule has 0 saturated carbocycles. The topological polar surface area (TPSA) is 105 Å². The smallest absolute Gasteiger partial charge is 0.272 e. The maximum Gasteiger partial charge on any atom is 0.272 e. The van der Waals surface area contributed by atoms with E-state index in [0.29, 0.717) is 0 Å². The molecule has 1 aliphatic heterocycles. The van der Waals surface area contributed by atoms with Crippen molar-refractivity contribution in [2.24, 2.45) is 0 Å². The van der Waals surface area contributed by atoms with Crippen LogP contribution in [0.2, 0.25) is 0 Å². The fourth-order valence-electron chi connectivity index (χ4n) is 2.71. The highest BCUT2D eigenvalue weighted by Gasteiger charge is 2.28. The minimum Gasteiger partial charge on any atom is -0.379 e. The van der Waals surface area contributed by atoms with Crippen molar-refractivity contribution in [3.05, 3.63) is 59.7 Å². The summed E-state index contributed by atoms with van der Waals surface area (Å²) in [6.45, 7) is 0.781. The summed E-state index contributed by atoms with van der Waals surface area (Å²) < 4.78 is 59.4. The van der Waals surface area contributed by atoms with Crippen molar-refractivity contribution in [2.75, 3.05) is 32.1 Å². The first-order valence-corrected chi connectivity index (χ1v) is 11.6. The highest BCUT2D eigenvalue weighted by atomic mass is 32.2. The third kappa shape index (κ3) is 5.79. The molecule has 0 unspecified atom stereocenters. The Hall–Kier alpha value is -2.54. The molecule has 8 nitrogen and oxygen atoms in total. The van der Waals surface area contributed by atoms with Crippen LogP contribution in [0.25, 0.3) is 0 Å². The molecule has 0 spiro atoms. The summed E-state index contributed by atoms with van der Waals surface area (Å²) in [6.07, 6.45) is 0. The Morgan fingerprint density at radius 1 is 1.03 bits per heavy atom. The Bertz CT molecular complexity index is 1080. The molecular weight excluding hydrogens is 452 g/mol. The Morgan fingerprint density at radius 2 is 1.74 bits per heavy atom. The second-order valence-corrected chi connectivity index (χ2v) is 9.33. The number of hydrogen-bond donors (Lipinski definition) is 2. The van der Waals surface area contributed by atoms with E-state index < -0.39 is 39.0 Å². The zero-order valence-corrected chi connectivity index (χ0v) is 17.8. The van der Waals surface area contributed by atoms with Gasteiger partial charge in [-0.25, -0.2) is 17.2 Å². The monoisotopic (exact) mass is 471 g/mol. The normalized spacial score (nSPS) is 14.8. The Kier molecular flexibility index (Phi) is 7.59. The van der Waals surface area contributed by atoms with Crippen LogP contribution >= 0.6 is 11.8 Å². The zero-order valence-electron chi connectivity index (χ0n) is 16.1. The maximum absolute atomic E-state index is 14.1. The quantitative estimate of drug-likeness (QED) is 0.489.